The van der Waals surface area contributed by atoms with E-state index in [1.165, 1.54) is 22.2 Å². The number of hydrogen-bond acceptors (Lipinski definition) is 4. The van der Waals surface area contributed by atoms with Crippen LogP contribution in [0.15, 0.2) is 40.1 Å². The number of allylic oxidation sites excluding steroid dienone is 1. The van der Waals surface area contributed by atoms with Crippen molar-refractivity contribution >= 4 is 23.8 Å². The Morgan fingerprint density at radius 2 is 2.10 bits per heavy atom. The summed E-state index contributed by atoms with van der Waals surface area (Å²) in [5.74, 6) is -0.267. The van der Waals surface area contributed by atoms with Gasteiger partial charge in [0.25, 0.3) is 5.91 Å². The minimum absolute atomic E-state index is 0.267. The van der Waals surface area contributed by atoms with Crippen LogP contribution in [0.5, 0.6) is 0 Å². The van der Waals surface area contributed by atoms with E-state index in [0.717, 1.165) is 17.7 Å². The van der Waals surface area contributed by atoms with Crippen LogP contribution in [-0.2, 0) is 9.53 Å². The number of amides is 2. The molecule has 0 unspecified atom stereocenters. The molecule has 4 nitrogen and oxygen atoms in total. The Balaban J connectivity index is 2.16. The van der Waals surface area contributed by atoms with Gasteiger partial charge in [-0.2, -0.15) is 0 Å². The normalized spacial score (nSPS) is 15.2. The van der Waals surface area contributed by atoms with Crippen molar-refractivity contribution in [2.45, 2.75) is 31.6 Å². The molecule has 21 heavy (non-hydrogen) atoms. The summed E-state index contributed by atoms with van der Waals surface area (Å²) < 4.78 is 4.84. The van der Waals surface area contributed by atoms with Crippen LogP contribution in [0.3, 0.4) is 0 Å². The molecule has 0 spiro atoms. The quantitative estimate of drug-likeness (QED) is 0.614. The van der Waals surface area contributed by atoms with Crippen LogP contribution in [-0.4, -0.2) is 30.1 Å². The Morgan fingerprint density at radius 1 is 1.38 bits per heavy atom. The van der Waals surface area contributed by atoms with Crippen molar-refractivity contribution in [3.63, 3.8) is 0 Å². The molecule has 0 N–H and O–H groups in total. The molecule has 1 heterocycles. The fourth-order valence-corrected chi connectivity index (χ4v) is 2.82. The van der Waals surface area contributed by atoms with Gasteiger partial charge >= 0.3 is 6.09 Å². The minimum atomic E-state index is -0.549. The average Bonchev–Trinajstić information content (AvgIpc) is 2.91. The Kier molecular flexibility index (Phi) is 5.44. The first-order chi connectivity index (χ1) is 10.1. The molecular weight excluding hydrogens is 286 g/mol. The molecule has 2 amide bonds. The topological polar surface area (TPSA) is 46.6 Å². The van der Waals surface area contributed by atoms with E-state index >= 15 is 0 Å². The molecule has 1 aliphatic heterocycles. The summed E-state index contributed by atoms with van der Waals surface area (Å²) >= 11 is 1.40. The first-order valence-electron chi connectivity index (χ1n) is 7.05. The van der Waals surface area contributed by atoms with Gasteiger partial charge in [0.1, 0.15) is 6.61 Å². The fraction of sp³-hybridized carbons (Fsp3) is 0.375. The van der Waals surface area contributed by atoms with Gasteiger partial charge in [-0.3, -0.25) is 4.79 Å². The van der Waals surface area contributed by atoms with Crippen molar-refractivity contribution in [1.82, 2.24) is 4.90 Å². The molecule has 0 radical (unpaired) electrons. The molecule has 0 atom stereocenters. The first-order valence-corrected chi connectivity index (χ1v) is 7.86. The number of aryl methyl sites for hydroxylation is 1. The molecule has 1 aliphatic rings. The molecule has 1 saturated heterocycles. The first kappa shape index (κ1) is 15.6. The number of imide groups is 1. The fourth-order valence-electron chi connectivity index (χ4n) is 1.89. The zero-order chi connectivity index (χ0) is 15.2. The van der Waals surface area contributed by atoms with Crippen LogP contribution >= 0.6 is 11.8 Å². The maximum atomic E-state index is 12.5. The molecule has 5 heteroatoms. The van der Waals surface area contributed by atoms with Gasteiger partial charge in [0.15, 0.2) is 0 Å². The van der Waals surface area contributed by atoms with Crippen molar-refractivity contribution in [3.05, 3.63) is 40.8 Å². The Hall–Kier alpha value is -1.75. The number of thioether (sulfide) groups is 1. The monoisotopic (exact) mass is 305 g/mol. The zero-order valence-corrected chi connectivity index (χ0v) is 13.1. The van der Waals surface area contributed by atoms with Crippen LogP contribution in [0, 0.1) is 6.92 Å². The summed E-state index contributed by atoms with van der Waals surface area (Å²) in [6.45, 7) is 4.68. The van der Waals surface area contributed by atoms with Crippen LogP contribution < -0.4 is 0 Å². The highest BCUT2D eigenvalue weighted by molar-refractivity contribution is 8.04. The maximum absolute atomic E-state index is 12.5. The van der Waals surface area contributed by atoms with Crippen molar-refractivity contribution in [3.8, 4) is 0 Å². The zero-order valence-electron chi connectivity index (χ0n) is 12.3. The molecule has 112 valence electrons. The lowest BCUT2D eigenvalue weighted by Gasteiger charge is -2.13. The van der Waals surface area contributed by atoms with Crippen LogP contribution in [0.2, 0.25) is 0 Å². The van der Waals surface area contributed by atoms with Crippen LogP contribution in [0.1, 0.15) is 25.3 Å². The Bertz CT molecular complexity index is 551. The smallest absolute Gasteiger partial charge is 0.416 e. The van der Waals surface area contributed by atoms with E-state index in [4.69, 9.17) is 4.74 Å². The Morgan fingerprint density at radius 3 is 2.67 bits per heavy atom. The molecule has 0 aromatic heterocycles. The molecule has 0 saturated carbocycles. The predicted octanol–water partition coefficient (Wildman–Crippen LogP) is 3.75. The SMILES string of the molecule is CCC/C=C(/Sc1ccc(C)cc1)C(=O)N1CCOC1=O. The summed E-state index contributed by atoms with van der Waals surface area (Å²) in [4.78, 5) is 26.7. The highest BCUT2D eigenvalue weighted by Crippen LogP contribution is 2.29. The molecule has 1 fully saturated rings. The second-order valence-corrected chi connectivity index (χ2v) is 5.96. The van der Waals surface area contributed by atoms with Gasteiger partial charge in [0.2, 0.25) is 0 Å². The van der Waals surface area contributed by atoms with E-state index in [-0.39, 0.29) is 12.5 Å². The van der Waals surface area contributed by atoms with E-state index in [9.17, 15) is 9.59 Å². The third kappa shape index (κ3) is 4.11. The van der Waals surface area contributed by atoms with Crippen LogP contribution in [0.4, 0.5) is 4.79 Å². The molecule has 0 bridgehead atoms. The Labute approximate surface area is 129 Å². The number of nitrogens with zero attached hydrogens (tertiary/aromatic N) is 1. The van der Waals surface area contributed by atoms with E-state index in [1.54, 1.807) is 0 Å². The summed E-state index contributed by atoms with van der Waals surface area (Å²) in [5, 5.41) is 0. The van der Waals surface area contributed by atoms with Crippen molar-refractivity contribution < 1.29 is 14.3 Å². The molecule has 1 aromatic carbocycles. The lowest BCUT2D eigenvalue weighted by molar-refractivity contribution is -0.123. The van der Waals surface area contributed by atoms with E-state index in [2.05, 4.69) is 6.92 Å². The minimum Gasteiger partial charge on any atom is -0.447 e. The number of carbonyl (C=O) groups excluding carboxylic acids is 2. The van der Waals surface area contributed by atoms with Gasteiger partial charge < -0.3 is 4.74 Å². The number of hydrogen-bond donors (Lipinski definition) is 0. The molecule has 1 aromatic rings. The number of carbonyl (C=O) groups is 2. The van der Waals surface area contributed by atoms with Crippen molar-refractivity contribution in [2.75, 3.05) is 13.2 Å². The summed E-state index contributed by atoms with van der Waals surface area (Å²) in [7, 11) is 0. The third-order valence-corrected chi connectivity index (χ3v) is 4.15. The standard InChI is InChI=1S/C16H19NO3S/c1-3-4-5-14(15(18)17-10-11-20-16(17)19)21-13-8-6-12(2)7-9-13/h5-9H,3-4,10-11H2,1-2H3/b14-5+. The maximum Gasteiger partial charge on any atom is 0.416 e. The summed E-state index contributed by atoms with van der Waals surface area (Å²) in [6.07, 6.45) is 3.11. The number of benzene rings is 1. The second-order valence-electron chi connectivity index (χ2n) is 4.84. The third-order valence-electron chi connectivity index (χ3n) is 3.08. The van der Waals surface area contributed by atoms with Crippen LogP contribution in [0.25, 0.3) is 0 Å². The highest BCUT2D eigenvalue weighted by Gasteiger charge is 2.30. The van der Waals surface area contributed by atoms with E-state index < -0.39 is 6.09 Å². The predicted molar refractivity (Wildman–Crippen MR) is 83.1 cm³/mol. The molecule has 2 rings (SSSR count). The van der Waals surface area contributed by atoms with Gasteiger partial charge in [-0.05, 0) is 25.5 Å². The number of rotatable bonds is 5. The lowest BCUT2D eigenvalue weighted by atomic mass is 10.2. The molecular formula is C16H19NO3S. The number of cyclic esters (lactones) is 1. The second kappa shape index (κ2) is 7.31. The largest absolute Gasteiger partial charge is 0.447 e. The summed E-state index contributed by atoms with van der Waals surface area (Å²) in [6, 6.07) is 7.98. The van der Waals surface area contributed by atoms with Crippen molar-refractivity contribution in [1.29, 1.82) is 0 Å². The van der Waals surface area contributed by atoms with Gasteiger partial charge in [-0.25, -0.2) is 9.69 Å². The van der Waals surface area contributed by atoms with E-state index in [0.29, 0.717) is 11.4 Å². The van der Waals surface area contributed by atoms with Crippen molar-refractivity contribution in [2.24, 2.45) is 0 Å². The van der Waals surface area contributed by atoms with Gasteiger partial charge in [-0.15, -0.1) is 0 Å². The number of unbranched alkanes of at least 4 members (excludes halogenated alkanes) is 1. The van der Waals surface area contributed by atoms with E-state index in [1.807, 2.05) is 37.3 Å². The van der Waals surface area contributed by atoms with Gasteiger partial charge in [-0.1, -0.05) is 48.9 Å². The van der Waals surface area contributed by atoms with Gasteiger partial charge in [0.05, 0.1) is 11.4 Å². The van der Waals surface area contributed by atoms with Gasteiger partial charge in [0, 0.05) is 4.90 Å². The summed E-state index contributed by atoms with van der Waals surface area (Å²) in [5.41, 5.74) is 1.17. The number of ether oxygens (including phenoxy) is 1. The lowest BCUT2D eigenvalue weighted by Crippen LogP contribution is -2.32. The average molecular weight is 305 g/mol. The molecule has 0 aliphatic carbocycles. The highest BCUT2D eigenvalue weighted by atomic mass is 32.2.